The van der Waals surface area contributed by atoms with Crippen molar-refractivity contribution < 1.29 is 19.4 Å². The Morgan fingerprint density at radius 3 is 2.66 bits per heavy atom. The van der Waals surface area contributed by atoms with E-state index in [2.05, 4.69) is 10.3 Å². The molecule has 0 radical (unpaired) electrons. The van der Waals surface area contributed by atoms with Crippen molar-refractivity contribution in [2.75, 3.05) is 0 Å². The number of ether oxygens (including phenoxy) is 1. The van der Waals surface area contributed by atoms with Gasteiger partial charge in [0.15, 0.2) is 0 Å². The summed E-state index contributed by atoms with van der Waals surface area (Å²) in [5, 5.41) is 14.0. The summed E-state index contributed by atoms with van der Waals surface area (Å²) in [5.74, 6) is 0.286. The summed E-state index contributed by atoms with van der Waals surface area (Å²) in [6.45, 7) is 5.56. The predicted molar refractivity (Wildman–Crippen MR) is 123 cm³/mol. The lowest BCUT2D eigenvalue weighted by Crippen LogP contribution is -2.47. The first-order valence-electron chi connectivity index (χ1n) is 11.2. The van der Waals surface area contributed by atoms with Gasteiger partial charge in [0.1, 0.15) is 11.4 Å². The highest BCUT2D eigenvalue weighted by Crippen LogP contribution is 2.39. The first kappa shape index (κ1) is 21.3. The van der Waals surface area contributed by atoms with Crippen LogP contribution in [0, 0.1) is 0 Å². The van der Waals surface area contributed by atoms with Crippen LogP contribution < -0.4 is 5.43 Å². The second-order valence-corrected chi connectivity index (χ2v) is 10.9. The minimum absolute atomic E-state index is 0.0726. The van der Waals surface area contributed by atoms with Crippen LogP contribution in [-0.4, -0.2) is 50.7 Å². The van der Waals surface area contributed by atoms with Gasteiger partial charge in [0.25, 0.3) is 5.91 Å². The Morgan fingerprint density at radius 2 is 1.94 bits per heavy atom. The molecule has 1 aromatic carbocycles. The van der Waals surface area contributed by atoms with Gasteiger partial charge in [-0.15, -0.1) is 11.3 Å². The van der Waals surface area contributed by atoms with Gasteiger partial charge in [0, 0.05) is 39.8 Å². The van der Waals surface area contributed by atoms with Gasteiger partial charge in [0.2, 0.25) is 0 Å². The van der Waals surface area contributed by atoms with E-state index >= 15 is 0 Å². The number of nitrogens with zero attached hydrogens (tertiary/aromatic N) is 2. The second kappa shape index (κ2) is 7.78. The van der Waals surface area contributed by atoms with Gasteiger partial charge in [-0.3, -0.25) is 4.79 Å². The molecule has 170 valence electrons. The number of fused-ring (bicyclic) bond motifs is 2. The molecule has 7 nitrogen and oxygen atoms in total. The largest absolute Gasteiger partial charge is 0.508 e. The number of rotatable bonds is 3. The van der Waals surface area contributed by atoms with Crippen LogP contribution in [0.15, 0.2) is 35.4 Å². The molecule has 2 amide bonds. The van der Waals surface area contributed by atoms with Gasteiger partial charge in [-0.05, 0) is 76.6 Å². The third-order valence-corrected chi connectivity index (χ3v) is 7.19. The average molecular weight is 456 g/mol. The Labute approximate surface area is 191 Å². The van der Waals surface area contributed by atoms with Crippen molar-refractivity contribution in [3.05, 3.63) is 40.9 Å². The molecule has 2 aromatic rings. The minimum atomic E-state index is -0.553. The number of hydrazine groups is 1. The summed E-state index contributed by atoms with van der Waals surface area (Å²) in [4.78, 5) is 28.2. The third-order valence-electron chi connectivity index (χ3n) is 6.25. The van der Waals surface area contributed by atoms with E-state index in [1.807, 2.05) is 38.4 Å². The fraction of sp³-hybridized carbons (Fsp3) is 0.500. The Bertz CT molecular complexity index is 1100. The van der Waals surface area contributed by atoms with E-state index in [1.54, 1.807) is 12.1 Å². The van der Waals surface area contributed by atoms with E-state index in [4.69, 9.17) is 4.74 Å². The number of hydrogen-bond donors (Lipinski definition) is 2. The van der Waals surface area contributed by atoms with E-state index in [-0.39, 0.29) is 29.8 Å². The van der Waals surface area contributed by atoms with Crippen molar-refractivity contribution in [3.8, 4) is 5.75 Å². The maximum absolute atomic E-state index is 13.7. The van der Waals surface area contributed by atoms with E-state index < -0.39 is 11.7 Å². The maximum atomic E-state index is 13.7. The Balaban J connectivity index is 1.35. The van der Waals surface area contributed by atoms with Gasteiger partial charge in [-0.25, -0.2) is 15.2 Å². The van der Waals surface area contributed by atoms with Gasteiger partial charge in [-0.1, -0.05) is 0 Å². The number of carbonyl (C=O) groups is 2. The van der Waals surface area contributed by atoms with Crippen LogP contribution >= 0.6 is 11.3 Å². The summed E-state index contributed by atoms with van der Waals surface area (Å²) >= 11 is 1.49. The zero-order valence-electron chi connectivity index (χ0n) is 18.6. The molecule has 2 aliphatic carbocycles. The van der Waals surface area contributed by atoms with Crippen LogP contribution in [0.3, 0.4) is 0 Å². The van der Waals surface area contributed by atoms with E-state index in [1.165, 1.54) is 16.3 Å². The van der Waals surface area contributed by atoms with E-state index in [0.29, 0.717) is 5.56 Å². The highest BCUT2D eigenvalue weighted by molar-refractivity contribution is 7.17. The molecule has 1 aliphatic heterocycles. The molecule has 1 aromatic heterocycles. The number of carbonyl (C=O) groups excluding carboxylic acids is 2. The van der Waals surface area contributed by atoms with Crippen LogP contribution in [0.25, 0.3) is 10.1 Å². The molecule has 32 heavy (non-hydrogen) atoms. The van der Waals surface area contributed by atoms with Crippen molar-refractivity contribution in [2.24, 2.45) is 0 Å². The molecule has 8 heteroatoms. The second-order valence-electron chi connectivity index (χ2n) is 9.94. The fourth-order valence-corrected chi connectivity index (χ4v) is 5.65. The Hall–Kier alpha value is -2.58. The van der Waals surface area contributed by atoms with Gasteiger partial charge >= 0.3 is 6.09 Å². The van der Waals surface area contributed by atoms with Crippen molar-refractivity contribution in [3.63, 3.8) is 0 Å². The maximum Gasteiger partial charge on any atom is 0.429 e. The molecule has 2 N–H and O–H groups in total. The normalized spacial score (nSPS) is 23.1. The lowest BCUT2D eigenvalue weighted by molar-refractivity contribution is 0.0254. The number of thiophene rings is 1. The minimum Gasteiger partial charge on any atom is -0.508 e. The summed E-state index contributed by atoms with van der Waals surface area (Å²) in [6, 6.07) is 5.69. The number of phenols is 1. The van der Waals surface area contributed by atoms with Gasteiger partial charge in [-0.2, -0.15) is 0 Å². The third kappa shape index (κ3) is 4.09. The molecule has 2 atom stereocenters. The Kier molecular flexibility index (Phi) is 5.17. The van der Waals surface area contributed by atoms with Gasteiger partial charge in [0.05, 0.1) is 5.56 Å². The van der Waals surface area contributed by atoms with Crippen molar-refractivity contribution in [1.82, 2.24) is 15.3 Å². The Morgan fingerprint density at radius 1 is 1.19 bits per heavy atom. The number of nitrogens with one attached hydrogen (secondary N) is 1. The lowest BCUT2D eigenvalue weighted by atomic mass is 9.86. The number of benzene rings is 1. The van der Waals surface area contributed by atoms with Crippen LogP contribution in [-0.2, 0) is 4.74 Å². The zero-order valence-corrected chi connectivity index (χ0v) is 19.4. The van der Waals surface area contributed by atoms with E-state index in [0.717, 1.165) is 47.8 Å². The molecule has 2 fully saturated rings. The standard InChI is InChI=1S/C24H29N3O4S/c1-24(2,3)31-23(30)26-12-14-10-16(6-9-20(14)25-26)27(15-4-5-15)22(29)19-13-32-21-11-17(28)7-8-18(19)21/h7-8,11-13,15-16,20,25,28H,4-6,9-10H2,1-3H3. The summed E-state index contributed by atoms with van der Waals surface area (Å²) in [5.41, 5.74) is 4.55. The molecule has 5 rings (SSSR count). The topological polar surface area (TPSA) is 82.1 Å². The monoisotopic (exact) mass is 455 g/mol. The molecule has 0 spiro atoms. The quantitative estimate of drug-likeness (QED) is 0.697. The number of aromatic hydroxyl groups is 1. The highest BCUT2D eigenvalue weighted by Gasteiger charge is 2.42. The average Bonchev–Trinajstić information content (AvgIpc) is 3.30. The molecule has 0 saturated heterocycles. The first-order chi connectivity index (χ1) is 15.2. The zero-order chi connectivity index (χ0) is 22.6. The molecule has 2 unspecified atom stereocenters. The fourth-order valence-electron chi connectivity index (χ4n) is 4.68. The van der Waals surface area contributed by atoms with Gasteiger partial charge < -0.3 is 14.7 Å². The van der Waals surface area contributed by atoms with Crippen molar-refractivity contribution in [2.45, 2.75) is 76.6 Å². The van der Waals surface area contributed by atoms with E-state index in [9.17, 15) is 14.7 Å². The number of amides is 2. The highest BCUT2D eigenvalue weighted by atomic mass is 32.1. The SMILES string of the molecule is CC(C)(C)OC(=O)N1C=C2CC(N(C(=O)c3csc4cc(O)ccc34)C3CC3)CCC2N1. The van der Waals surface area contributed by atoms with Crippen LogP contribution in [0.1, 0.15) is 63.2 Å². The molecule has 2 heterocycles. The molecular weight excluding hydrogens is 426 g/mol. The molecule has 3 aliphatic rings. The van der Waals surface area contributed by atoms with Crippen LogP contribution in [0.5, 0.6) is 5.75 Å². The molecule has 2 saturated carbocycles. The summed E-state index contributed by atoms with van der Waals surface area (Å²) in [7, 11) is 0. The summed E-state index contributed by atoms with van der Waals surface area (Å²) in [6.07, 6.45) is 6.03. The molecule has 0 bridgehead atoms. The number of phenolic OH excluding ortho intramolecular Hbond substituents is 1. The first-order valence-corrected chi connectivity index (χ1v) is 12.1. The summed E-state index contributed by atoms with van der Waals surface area (Å²) < 4.78 is 6.41. The smallest absolute Gasteiger partial charge is 0.429 e. The van der Waals surface area contributed by atoms with Crippen molar-refractivity contribution in [1.29, 1.82) is 0 Å². The predicted octanol–water partition coefficient (Wildman–Crippen LogP) is 4.77. The van der Waals surface area contributed by atoms with Crippen LogP contribution in [0.4, 0.5) is 4.79 Å². The van der Waals surface area contributed by atoms with Crippen LogP contribution in [0.2, 0.25) is 0 Å². The molecular formula is C24H29N3O4S. The van der Waals surface area contributed by atoms with Crippen molar-refractivity contribution >= 4 is 33.4 Å². The lowest BCUT2D eigenvalue weighted by Gasteiger charge is -2.37. The number of hydrogen-bond acceptors (Lipinski definition) is 6.